The lowest BCUT2D eigenvalue weighted by Crippen LogP contribution is -2.27. The van der Waals surface area contributed by atoms with Crippen LogP contribution in [0.1, 0.15) is 29.0 Å². The largest absolute Gasteiger partial charge is 0.476 e. The van der Waals surface area contributed by atoms with E-state index in [1.807, 2.05) is 0 Å². The summed E-state index contributed by atoms with van der Waals surface area (Å²) in [6, 6.07) is 2.89. The number of aromatic carboxylic acids is 1. The summed E-state index contributed by atoms with van der Waals surface area (Å²) >= 11 is 0.764. The molecule has 0 saturated carbocycles. The highest BCUT2D eigenvalue weighted by Crippen LogP contribution is 2.22. The molecule has 0 aliphatic rings. The molecule has 106 valence electrons. The van der Waals surface area contributed by atoms with E-state index in [-0.39, 0.29) is 4.21 Å². The molecule has 0 unspecified atom stereocenters. The lowest BCUT2D eigenvalue weighted by molar-refractivity contribution is 0.0687. The van der Waals surface area contributed by atoms with E-state index in [1.165, 1.54) is 11.7 Å². The van der Waals surface area contributed by atoms with Gasteiger partial charge in [0.1, 0.15) is 0 Å². The van der Waals surface area contributed by atoms with Crippen LogP contribution in [0.3, 0.4) is 0 Å². The van der Waals surface area contributed by atoms with Crippen LogP contribution in [0.15, 0.2) is 34.2 Å². The zero-order valence-corrected chi connectivity index (χ0v) is 12.0. The number of nitrogens with zero attached hydrogens (tertiary/aromatic N) is 2. The molecule has 0 fully saturated rings. The van der Waals surface area contributed by atoms with Gasteiger partial charge in [-0.05, 0) is 18.6 Å². The molecule has 20 heavy (non-hydrogen) atoms. The molecule has 1 atom stereocenters. The first-order chi connectivity index (χ1) is 9.42. The number of carbonyl (C=O) groups is 1. The van der Waals surface area contributed by atoms with E-state index < -0.39 is 27.7 Å². The van der Waals surface area contributed by atoms with Gasteiger partial charge >= 0.3 is 5.97 Å². The number of hydrogen-bond donors (Lipinski definition) is 2. The molecule has 2 N–H and O–H groups in total. The van der Waals surface area contributed by atoms with Crippen molar-refractivity contribution in [1.29, 1.82) is 0 Å². The number of nitrogens with one attached hydrogen (secondary N) is 1. The Morgan fingerprint density at radius 2 is 2.25 bits per heavy atom. The van der Waals surface area contributed by atoms with Gasteiger partial charge in [-0.25, -0.2) is 22.9 Å². The third kappa shape index (κ3) is 3.00. The van der Waals surface area contributed by atoms with Crippen LogP contribution in [0.2, 0.25) is 0 Å². The highest BCUT2D eigenvalue weighted by molar-refractivity contribution is 7.91. The Morgan fingerprint density at radius 1 is 1.50 bits per heavy atom. The zero-order valence-electron chi connectivity index (χ0n) is 10.3. The van der Waals surface area contributed by atoms with E-state index in [4.69, 9.17) is 5.11 Å². The second kappa shape index (κ2) is 5.65. The Hall–Kier alpha value is -1.84. The minimum absolute atomic E-state index is 0.305. The molecule has 0 amide bonds. The molecular weight excluding hydrogens is 302 g/mol. The van der Waals surface area contributed by atoms with Crippen LogP contribution in [0.4, 0.5) is 0 Å². The maximum Gasteiger partial charge on any atom is 0.356 e. The first-order valence-corrected chi connectivity index (χ1v) is 7.87. The summed E-state index contributed by atoms with van der Waals surface area (Å²) in [7, 11) is -3.94. The molecule has 0 aliphatic heterocycles. The van der Waals surface area contributed by atoms with E-state index in [1.54, 1.807) is 25.3 Å². The van der Waals surface area contributed by atoms with Gasteiger partial charge in [0.05, 0.1) is 5.51 Å². The molecular formula is C11H11N3O4S2. The molecule has 0 spiro atoms. The molecule has 0 aliphatic carbocycles. The van der Waals surface area contributed by atoms with Gasteiger partial charge in [-0.1, -0.05) is 6.07 Å². The van der Waals surface area contributed by atoms with Crippen molar-refractivity contribution in [1.82, 2.24) is 14.7 Å². The monoisotopic (exact) mass is 313 g/mol. The Bertz CT molecular complexity index is 712. The van der Waals surface area contributed by atoms with Crippen molar-refractivity contribution < 1.29 is 18.3 Å². The number of carboxylic acids is 1. The topological polar surface area (TPSA) is 109 Å². The maximum absolute atomic E-state index is 12.2. The van der Waals surface area contributed by atoms with Crippen molar-refractivity contribution in [2.24, 2.45) is 0 Å². The lowest BCUT2D eigenvalue weighted by Gasteiger charge is -2.13. The third-order valence-corrected chi connectivity index (χ3v) is 5.41. The molecule has 2 aromatic rings. The van der Waals surface area contributed by atoms with Crippen molar-refractivity contribution in [3.63, 3.8) is 0 Å². The predicted molar refractivity (Wildman–Crippen MR) is 72.0 cm³/mol. The van der Waals surface area contributed by atoms with Gasteiger partial charge in [0.25, 0.3) is 10.0 Å². The number of hydrogen-bond acceptors (Lipinski definition) is 6. The van der Waals surface area contributed by atoms with Gasteiger partial charge in [0.2, 0.25) is 0 Å². The summed E-state index contributed by atoms with van der Waals surface area (Å²) in [5, 5.41) is 8.91. The molecule has 2 rings (SSSR count). The van der Waals surface area contributed by atoms with Crippen molar-refractivity contribution in [3.8, 4) is 0 Å². The summed E-state index contributed by atoms with van der Waals surface area (Å²) in [5.41, 5.74) is 1.39. The van der Waals surface area contributed by atoms with Gasteiger partial charge < -0.3 is 5.11 Å². The van der Waals surface area contributed by atoms with Crippen LogP contribution in [0.25, 0.3) is 0 Å². The van der Waals surface area contributed by atoms with Crippen LogP contribution < -0.4 is 4.72 Å². The Kier molecular flexibility index (Phi) is 4.12. The van der Waals surface area contributed by atoms with E-state index in [0.29, 0.717) is 5.56 Å². The SMILES string of the molecule is C[C@H](NS(=O)(=O)c1scnc1C(=O)O)c1cccnc1. The van der Waals surface area contributed by atoms with Crippen molar-refractivity contribution in [2.75, 3.05) is 0 Å². The van der Waals surface area contributed by atoms with E-state index >= 15 is 0 Å². The number of rotatable bonds is 5. The summed E-state index contributed by atoms with van der Waals surface area (Å²) in [4.78, 5) is 18.4. The number of pyridine rings is 1. The van der Waals surface area contributed by atoms with Crippen LogP contribution >= 0.6 is 11.3 Å². The number of aromatic nitrogens is 2. The Balaban J connectivity index is 2.28. The van der Waals surface area contributed by atoms with E-state index in [9.17, 15) is 13.2 Å². The molecule has 0 radical (unpaired) electrons. The average Bonchev–Trinajstić information content (AvgIpc) is 2.89. The molecule has 0 saturated heterocycles. The standard InChI is InChI=1S/C11H11N3O4S2/c1-7(8-3-2-4-12-5-8)14-20(17,18)11-9(10(15)16)13-6-19-11/h2-7,14H,1H3,(H,15,16)/t7-/m0/s1. The number of sulfonamides is 1. The minimum Gasteiger partial charge on any atom is -0.476 e. The minimum atomic E-state index is -3.94. The maximum atomic E-state index is 12.2. The Morgan fingerprint density at radius 3 is 2.85 bits per heavy atom. The summed E-state index contributed by atoms with van der Waals surface area (Å²) in [5.74, 6) is -1.37. The van der Waals surface area contributed by atoms with Gasteiger partial charge in [0.15, 0.2) is 9.90 Å². The molecule has 9 heteroatoms. The Labute approximate surface area is 119 Å². The second-order valence-corrected chi connectivity index (χ2v) is 6.69. The van der Waals surface area contributed by atoms with Crippen LogP contribution in [0.5, 0.6) is 0 Å². The van der Waals surface area contributed by atoms with Crippen molar-refractivity contribution >= 4 is 27.3 Å². The van der Waals surface area contributed by atoms with Crippen molar-refractivity contribution in [3.05, 3.63) is 41.3 Å². The third-order valence-electron chi connectivity index (χ3n) is 2.50. The first kappa shape index (κ1) is 14.6. The van der Waals surface area contributed by atoms with Gasteiger partial charge in [-0.2, -0.15) is 0 Å². The van der Waals surface area contributed by atoms with Gasteiger partial charge in [0, 0.05) is 18.4 Å². The lowest BCUT2D eigenvalue weighted by atomic mass is 10.2. The molecule has 2 aromatic heterocycles. The predicted octanol–water partition coefficient (Wildman–Crippen LogP) is 1.28. The smallest absolute Gasteiger partial charge is 0.356 e. The summed E-state index contributed by atoms with van der Waals surface area (Å²) in [6.07, 6.45) is 3.12. The molecule has 0 aromatic carbocycles. The zero-order chi connectivity index (χ0) is 14.8. The normalized spacial score (nSPS) is 13.1. The number of carboxylic acid groups (broad SMARTS) is 1. The summed E-state index contributed by atoms with van der Waals surface area (Å²) < 4.78 is 26.5. The fourth-order valence-corrected chi connectivity index (χ4v) is 3.94. The van der Waals surface area contributed by atoms with E-state index in [2.05, 4.69) is 14.7 Å². The molecule has 7 nitrogen and oxygen atoms in total. The van der Waals surface area contributed by atoms with Gasteiger partial charge in [-0.3, -0.25) is 4.98 Å². The van der Waals surface area contributed by atoms with Crippen molar-refractivity contribution in [2.45, 2.75) is 17.2 Å². The highest BCUT2D eigenvalue weighted by Gasteiger charge is 2.27. The average molecular weight is 313 g/mol. The molecule has 2 heterocycles. The second-order valence-electron chi connectivity index (χ2n) is 3.92. The van der Waals surface area contributed by atoms with E-state index in [0.717, 1.165) is 11.3 Å². The summed E-state index contributed by atoms with van der Waals surface area (Å²) in [6.45, 7) is 1.65. The number of thiazole rings is 1. The van der Waals surface area contributed by atoms with Crippen LogP contribution in [-0.2, 0) is 10.0 Å². The fourth-order valence-electron chi connectivity index (χ4n) is 1.55. The van der Waals surface area contributed by atoms with Gasteiger partial charge in [-0.15, -0.1) is 11.3 Å². The van der Waals surface area contributed by atoms with Crippen LogP contribution in [-0.4, -0.2) is 29.5 Å². The molecule has 0 bridgehead atoms. The highest BCUT2D eigenvalue weighted by atomic mass is 32.2. The fraction of sp³-hybridized carbons (Fsp3) is 0.182. The van der Waals surface area contributed by atoms with Crippen LogP contribution in [0, 0.1) is 0 Å². The quantitative estimate of drug-likeness (QED) is 0.860. The first-order valence-electron chi connectivity index (χ1n) is 5.51.